The molecular weight excluding hydrogens is 365 g/mol. The number of carbonyl (C=O) groups excluding carboxylic acids is 2. The van der Waals surface area contributed by atoms with Crippen LogP contribution in [0.4, 0.5) is 0 Å². The number of carbonyl (C=O) groups is 2. The molecule has 7 heteroatoms. The third-order valence-corrected chi connectivity index (χ3v) is 4.40. The van der Waals surface area contributed by atoms with E-state index in [-0.39, 0.29) is 58.8 Å². The zero-order valence-corrected chi connectivity index (χ0v) is 19.2. The number of hydrogen-bond acceptors (Lipinski definition) is 6. The Morgan fingerprint density at radius 3 is 2.72 bits per heavy atom. The van der Waals surface area contributed by atoms with E-state index in [1.165, 1.54) is 11.3 Å². The molecule has 0 bridgehead atoms. The molecule has 0 unspecified atom stereocenters. The average molecular weight is 388 g/mol. The Hall–Kier alpha value is -0.574. The van der Waals surface area contributed by atoms with Crippen molar-refractivity contribution in [2.75, 3.05) is 13.2 Å². The molecule has 0 atom stereocenters. The van der Waals surface area contributed by atoms with Gasteiger partial charge in [-0.2, -0.15) is 0 Å². The van der Waals surface area contributed by atoms with E-state index < -0.39 is 0 Å². The van der Waals surface area contributed by atoms with Crippen LogP contribution in [0.5, 0.6) is 5.75 Å². The Balaban J connectivity index is 0.00000312. The SMILES string of the molecule is CCOC(=O)c1sc(-c2ccc(OCC(C)C)c(C=O)c2)nc1C.[H-].[K+]. The van der Waals surface area contributed by atoms with E-state index in [1.54, 1.807) is 26.0 Å². The van der Waals surface area contributed by atoms with Crippen LogP contribution >= 0.6 is 11.3 Å². The summed E-state index contributed by atoms with van der Waals surface area (Å²) in [4.78, 5) is 28.2. The van der Waals surface area contributed by atoms with E-state index in [0.717, 1.165) is 11.8 Å². The Bertz CT molecular complexity index is 749. The largest absolute Gasteiger partial charge is 1.00 e. The number of hydrogen-bond donors (Lipinski definition) is 0. The number of ether oxygens (including phenoxy) is 2. The van der Waals surface area contributed by atoms with Crippen molar-refractivity contribution < 1.29 is 71.9 Å². The first kappa shape index (κ1) is 22.5. The van der Waals surface area contributed by atoms with E-state index in [4.69, 9.17) is 9.47 Å². The number of esters is 1. The molecule has 2 aromatic rings. The third-order valence-electron chi connectivity index (χ3n) is 3.21. The fourth-order valence-electron chi connectivity index (χ4n) is 2.07. The van der Waals surface area contributed by atoms with Gasteiger partial charge in [-0.25, -0.2) is 9.78 Å². The first-order valence-corrected chi connectivity index (χ1v) is 8.64. The number of aryl methyl sites for hydroxylation is 1. The Kier molecular flexibility index (Phi) is 9.48. The third kappa shape index (κ3) is 5.97. The Morgan fingerprint density at radius 1 is 1.40 bits per heavy atom. The van der Waals surface area contributed by atoms with E-state index in [0.29, 0.717) is 46.0 Å². The van der Waals surface area contributed by atoms with Gasteiger partial charge in [0.05, 0.1) is 24.5 Å². The smallest absolute Gasteiger partial charge is 1.00 e. The van der Waals surface area contributed by atoms with E-state index in [1.807, 2.05) is 19.9 Å². The molecule has 1 aromatic carbocycles. The number of benzene rings is 1. The van der Waals surface area contributed by atoms with Crippen LogP contribution in [0.25, 0.3) is 10.6 Å². The molecule has 1 heterocycles. The number of aldehydes is 1. The average Bonchev–Trinajstić information content (AvgIpc) is 2.94. The van der Waals surface area contributed by atoms with Gasteiger partial charge in [0.25, 0.3) is 0 Å². The second kappa shape index (κ2) is 10.5. The summed E-state index contributed by atoms with van der Waals surface area (Å²) >= 11 is 1.26. The fourth-order valence-corrected chi connectivity index (χ4v) is 3.02. The number of rotatable bonds is 7. The molecule has 0 spiro atoms. The Morgan fingerprint density at radius 2 is 2.12 bits per heavy atom. The summed E-state index contributed by atoms with van der Waals surface area (Å²) in [5.41, 5.74) is 1.87. The van der Waals surface area contributed by atoms with Crippen LogP contribution in [0.2, 0.25) is 0 Å². The summed E-state index contributed by atoms with van der Waals surface area (Å²) in [6.07, 6.45) is 0.770. The van der Waals surface area contributed by atoms with Crippen molar-refractivity contribution in [2.45, 2.75) is 27.7 Å². The Labute approximate surface area is 196 Å². The predicted octanol–water partition coefficient (Wildman–Crippen LogP) is 1.26. The van der Waals surface area contributed by atoms with Crippen LogP contribution in [-0.2, 0) is 4.74 Å². The van der Waals surface area contributed by atoms with Crippen LogP contribution in [-0.4, -0.2) is 30.5 Å². The van der Waals surface area contributed by atoms with Gasteiger partial charge in [-0.05, 0) is 38.0 Å². The predicted molar refractivity (Wildman–Crippen MR) is 95.1 cm³/mol. The molecule has 0 aliphatic carbocycles. The molecule has 0 fully saturated rings. The van der Waals surface area contributed by atoms with Gasteiger partial charge in [0, 0.05) is 5.56 Å². The zero-order valence-electron chi connectivity index (χ0n) is 16.3. The maximum absolute atomic E-state index is 11.9. The zero-order chi connectivity index (χ0) is 17.7. The van der Waals surface area contributed by atoms with Gasteiger partial charge in [-0.1, -0.05) is 13.8 Å². The van der Waals surface area contributed by atoms with Crippen molar-refractivity contribution in [3.05, 3.63) is 34.3 Å². The molecule has 0 aliphatic rings. The molecule has 0 aliphatic heterocycles. The van der Waals surface area contributed by atoms with Gasteiger partial charge in [0.2, 0.25) is 0 Å². The fraction of sp³-hybridized carbons (Fsp3) is 0.389. The molecule has 0 N–H and O–H groups in total. The quantitative estimate of drug-likeness (QED) is 0.407. The van der Waals surface area contributed by atoms with Crippen LogP contribution in [0.1, 0.15) is 47.9 Å². The summed E-state index contributed by atoms with van der Waals surface area (Å²) < 4.78 is 10.7. The van der Waals surface area contributed by atoms with Crippen molar-refractivity contribution in [1.82, 2.24) is 4.98 Å². The van der Waals surface area contributed by atoms with E-state index in [9.17, 15) is 9.59 Å². The molecule has 2 rings (SSSR count). The molecule has 0 amide bonds. The second-order valence-electron chi connectivity index (χ2n) is 5.73. The number of aromatic nitrogens is 1. The van der Waals surface area contributed by atoms with Gasteiger partial charge >= 0.3 is 57.4 Å². The first-order chi connectivity index (χ1) is 11.5. The van der Waals surface area contributed by atoms with Gasteiger partial charge in [0.15, 0.2) is 6.29 Å². The van der Waals surface area contributed by atoms with Crippen molar-refractivity contribution in [3.8, 4) is 16.3 Å². The van der Waals surface area contributed by atoms with E-state index >= 15 is 0 Å². The maximum atomic E-state index is 11.9. The molecule has 5 nitrogen and oxygen atoms in total. The van der Waals surface area contributed by atoms with Crippen LogP contribution in [0, 0.1) is 12.8 Å². The first-order valence-electron chi connectivity index (χ1n) is 7.83. The molecule has 1 aromatic heterocycles. The van der Waals surface area contributed by atoms with Crippen LogP contribution in [0.3, 0.4) is 0 Å². The molecule has 0 radical (unpaired) electrons. The van der Waals surface area contributed by atoms with Gasteiger partial charge in [-0.15, -0.1) is 11.3 Å². The summed E-state index contributed by atoms with van der Waals surface area (Å²) in [5.74, 6) is 0.561. The molecule has 25 heavy (non-hydrogen) atoms. The normalized spacial score (nSPS) is 10.3. The molecule has 0 saturated heterocycles. The minimum Gasteiger partial charge on any atom is -1.00 e. The van der Waals surface area contributed by atoms with Crippen molar-refractivity contribution in [3.63, 3.8) is 0 Å². The maximum Gasteiger partial charge on any atom is 1.00 e. The second-order valence-corrected chi connectivity index (χ2v) is 6.73. The summed E-state index contributed by atoms with van der Waals surface area (Å²) in [5, 5.41) is 0.675. The molecular formula is C18H22KNO4S. The van der Waals surface area contributed by atoms with Crippen molar-refractivity contribution >= 4 is 23.6 Å². The minimum absolute atomic E-state index is 0. The number of thiazole rings is 1. The summed E-state index contributed by atoms with van der Waals surface area (Å²) in [6.45, 7) is 8.50. The van der Waals surface area contributed by atoms with Crippen molar-refractivity contribution in [1.29, 1.82) is 0 Å². The summed E-state index contributed by atoms with van der Waals surface area (Å²) in [7, 11) is 0. The standard InChI is InChI=1S/C18H21NO4S.K.H/c1-5-22-18(21)16-12(4)19-17(24-16)13-6-7-15(14(8-13)9-20)23-10-11(2)3;;/h6-9,11H,5,10H2,1-4H3;;/q;+1;-1. The van der Waals surface area contributed by atoms with Crippen LogP contribution in [0.15, 0.2) is 18.2 Å². The molecule has 130 valence electrons. The molecule has 0 saturated carbocycles. The van der Waals surface area contributed by atoms with E-state index in [2.05, 4.69) is 4.98 Å². The minimum atomic E-state index is -0.369. The van der Waals surface area contributed by atoms with Gasteiger partial charge < -0.3 is 10.9 Å². The van der Waals surface area contributed by atoms with Gasteiger partial charge in [-0.3, -0.25) is 4.79 Å². The van der Waals surface area contributed by atoms with Gasteiger partial charge in [0.1, 0.15) is 15.6 Å². The van der Waals surface area contributed by atoms with Crippen LogP contribution < -0.4 is 56.1 Å². The number of nitrogens with zero attached hydrogens (tertiary/aromatic N) is 1. The van der Waals surface area contributed by atoms with Crippen molar-refractivity contribution in [2.24, 2.45) is 5.92 Å². The summed E-state index contributed by atoms with van der Waals surface area (Å²) in [6, 6.07) is 5.34. The topological polar surface area (TPSA) is 65.5 Å². The monoisotopic (exact) mass is 387 g/mol.